The third-order valence-electron chi connectivity index (χ3n) is 4.44. The number of likely N-dealkylation sites (N-methyl/N-ethyl adjacent to an activating group) is 1. The molecule has 1 atom stereocenters. The summed E-state index contributed by atoms with van der Waals surface area (Å²) in [5, 5.41) is 1.32. The second kappa shape index (κ2) is 4.89. The highest BCUT2D eigenvalue weighted by Crippen LogP contribution is 2.29. The molecule has 1 unspecified atom stereocenters. The first kappa shape index (κ1) is 12.5. The van der Waals surface area contributed by atoms with Crippen molar-refractivity contribution in [3.63, 3.8) is 0 Å². The highest BCUT2D eigenvalue weighted by atomic mass is 16.5. The number of likely N-dealkylation sites (tertiary alicyclic amines) is 1. The van der Waals surface area contributed by atoms with Gasteiger partial charge < -0.3 is 14.6 Å². The summed E-state index contributed by atoms with van der Waals surface area (Å²) in [5.41, 5.74) is 3.96. The molecule has 1 fully saturated rings. The summed E-state index contributed by atoms with van der Waals surface area (Å²) in [6, 6.07) is 6.97. The molecule has 2 heterocycles. The van der Waals surface area contributed by atoms with Crippen LogP contribution in [0.5, 0.6) is 5.75 Å². The summed E-state index contributed by atoms with van der Waals surface area (Å²) in [6.07, 6.45) is 3.77. The van der Waals surface area contributed by atoms with Gasteiger partial charge in [0.15, 0.2) is 0 Å². The van der Waals surface area contributed by atoms with Crippen LogP contribution in [0, 0.1) is 6.92 Å². The number of aryl methyl sites for hydroxylation is 1. The Labute approximate surface area is 114 Å². The second-order valence-corrected chi connectivity index (χ2v) is 5.62. The molecule has 1 aliphatic heterocycles. The third kappa shape index (κ3) is 2.23. The van der Waals surface area contributed by atoms with Crippen molar-refractivity contribution < 1.29 is 4.74 Å². The van der Waals surface area contributed by atoms with Crippen LogP contribution in [0.25, 0.3) is 10.9 Å². The number of methoxy groups -OCH3 is 1. The van der Waals surface area contributed by atoms with Gasteiger partial charge in [0.05, 0.1) is 7.11 Å². The number of H-pyrrole nitrogens is 1. The van der Waals surface area contributed by atoms with Gasteiger partial charge in [0.2, 0.25) is 0 Å². The van der Waals surface area contributed by atoms with Crippen molar-refractivity contribution in [2.75, 3.05) is 20.7 Å². The van der Waals surface area contributed by atoms with Crippen molar-refractivity contribution in [1.29, 1.82) is 0 Å². The van der Waals surface area contributed by atoms with E-state index in [1.165, 1.54) is 41.5 Å². The Balaban J connectivity index is 1.99. The van der Waals surface area contributed by atoms with Gasteiger partial charge in [-0.2, -0.15) is 0 Å². The van der Waals surface area contributed by atoms with Gasteiger partial charge in [-0.1, -0.05) is 0 Å². The first-order valence-corrected chi connectivity index (χ1v) is 7.04. The number of hydrogen-bond donors (Lipinski definition) is 1. The highest BCUT2D eigenvalue weighted by molar-refractivity contribution is 5.86. The van der Waals surface area contributed by atoms with E-state index in [9.17, 15) is 0 Å². The summed E-state index contributed by atoms with van der Waals surface area (Å²) in [5.74, 6) is 0.938. The molecule has 0 saturated carbocycles. The average molecular weight is 258 g/mol. The molecule has 1 saturated heterocycles. The van der Waals surface area contributed by atoms with E-state index in [2.05, 4.69) is 36.0 Å². The number of aromatic amines is 1. The molecule has 3 rings (SSSR count). The van der Waals surface area contributed by atoms with Gasteiger partial charge in [-0.25, -0.2) is 0 Å². The Bertz CT molecular complexity index is 588. The molecule has 0 bridgehead atoms. The molecule has 3 heteroatoms. The largest absolute Gasteiger partial charge is 0.497 e. The summed E-state index contributed by atoms with van der Waals surface area (Å²) in [4.78, 5) is 5.98. The van der Waals surface area contributed by atoms with Crippen LogP contribution < -0.4 is 4.74 Å². The van der Waals surface area contributed by atoms with Crippen LogP contribution in [0.15, 0.2) is 18.2 Å². The number of hydrogen-bond acceptors (Lipinski definition) is 2. The van der Waals surface area contributed by atoms with Crippen molar-refractivity contribution in [3.05, 3.63) is 29.5 Å². The summed E-state index contributed by atoms with van der Waals surface area (Å²) in [7, 11) is 3.97. The molecule has 0 aliphatic carbocycles. The van der Waals surface area contributed by atoms with E-state index in [-0.39, 0.29) is 0 Å². The van der Waals surface area contributed by atoms with Crippen molar-refractivity contribution >= 4 is 10.9 Å². The van der Waals surface area contributed by atoms with E-state index in [0.29, 0.717) is 6.04 Å². The van der Waals surface area contributed by atoms with Gasteiger partial charge in [-0.15, -0.1) is 0 Å². The summed E-state index contributed by atoms with van der Waals surface area (Å²) in [6.45, 7) is 3.41. The van der Waals surface area contributed by atoms with E-state index in [1.807, 2.05) is 6.07 Å². The topological polar surface area (TPSA) is 28.3 Å². The molecule has 1 aromatic heterocycles. The second-order valence-electron chi connectivity index (χ2n) is 5.62. The zero-order valence-electron chi connectivity index (χ0n) is 12.0. The van der Waals surface area contributed by atoms with Crippen LogP contribution in [0.4, 0.5) is 0 Å². The van der Waals surface area contributed by atoms with E-state index in [4.69, 9.17) is 4.74 Å². The van der Waals surface area contributed by atoms with Crippen molar-refractivity contribution in [1.82, 2.24) is 9.88 Å². The van der Waals surface area contributed by atoms with Crippen molar-refractivity contribution in [2.45, 2.75) is 32.2 Å². The Kier molecular flexibility index (Phi) is 3.23. The monoisotopic (exact) mass is 258 g/mol. The number of benzene rings is 1. The minimum Gasteiger partial charge on any atom is -0.497 e. The molecule has 1 N–H and O–H groups in total. The molecular weight excluding hydrogens is 236 g/mol. The van der Waals surface area contributed by atoms with Crippen molar-refractivity contribution in [3.8, 4) is 5.75 Å². The zero-order valence-corrected chi connectivity index (χ0v) is 12.0. The van der Waals surface area contributed by atoms with Gasteiger partial charge in [-0.3, -0.25) is 0 Å². The minimum atomic E-state index is 0.684. The predicted octanol–water partition coefficient (Wildman–Crippen LogP) is 3.12. The lowest BCUT2D eigenvalue weighted by Crippen LogP contribution is -2.26. The van der Waals surface area contributed by atoms with E-state index >= 15 is 0 Å². The molecule has 0 radical (unpaired) electrons. The minimum absolute atomic E-state index is 0.684. The Morgan fingerprint density at radius 1 is 1.42 bits per heavy atom. The lowest BCUT2D eigenvalue weighted by atomic mass is 10.0. The van der Waals surface area contributed by atoms with E-state index < -0.39 is 0 Å². The fourth-order valence-electron chi connectivity index (χ4n) is 3.22. The third-order valence-corrected chi connectivity index (χ3v) is 4.44. The fraction of sp³-hybridized carbons (Fsp3) is 0.500. The predicted molar refractivity (Wildman–Crippen MR) is 78.9 cm³/mol. The van der Waals surface area contributed by atoms with E-state index in [0.717, 1.165) is 12.2 Å². The molecule has 3 nitrogen and oxygen atoms in total. The first-order valence-electron chi connectivity index (χ1n) is 7.04. The van der Waals surface area contributed by atoms with Crippen LogP contribution in [0.1, 0.15) is 24.1 Å². The number of nitrogens with one attached hydrogen (secondary N) is 1. The maximum absolute atomic E-state index is 5.35. The van der Waals surface area contributed by atoms with Gasteiger partial charge in [0, 0.05) is 22.6 Å². The standard InChI is InChI=1S/C16H22N2O/c1-11-14(9-12-5-4-8-18(12)2)15-10-13(19-3)6-7-16(15)17-11/h6-7,10,12,17H,4-5,8-9H2,1-3H3. The number of nitrogens with zero attached hydrogens (tertiary/aromatic N) is 1. The number of fused-ring (bicyclic) bond motifs is 1. The molecule has 0 amide bonds. The Morgan fingerprint density at radius 3 is 2.95 bits per heavy atom. The first-order chi connectivity index (χ1) is 9.19. The van der Waals surface area contributed by atoms with Crippen LogP contribution in [-0.2, 0) is 6.42 Å². The summed E-state index contributed by atoms with van der Waals surface area (Å²) < 4.78 is 5.35. The maximum atomic E-state index is 5.35. The van der Waals surface area contributed by atoms with Gasteiger partial charge in [-0.05, 0) is 63.5 Å². The van der Waals surface area contributed by atoms with E-state index in [1.54, 1.807) is 7.11 Å². The molecule has 102 valence electrons. The lowest BCUT2D eigenvalue weighted by Gasteiger charge is -2.19. The SMILES string of the molecule is COc1ccc2[nH]c(C)c(CC3CCCN3C)c2c1. The Morgan fingerprint density at radius 2 is 2.26 bits per heavy atom. The van der Waals surface area contributed by atoms with Crippen molar-refractivity contribution in [2.24, 2.45) is 0 Å². The normalized spacial score (nSPS) is 20.3. The van der Waals surface area contributed by atoms with Gasteiger partial charge in [0.25, 0.3) is 0 Å². The molecule has 19 heavy (non-hydrogen) atoms. The number of rotatable bonds is 3. The molecule has 0 spiro atoms. The van der Waals surface area contributed by atoms with Crippen LogP contribution in [0.2, 0.25) is 0 Å². The van der Waals surface area contributed by atoms with Gasteiger partial charge >= 0.3 is 0 Å². The average Bonchev–Trinajstić information content (AvgIpc) is 2.94. The van der Waals surface area contributed by atoms with Crippen LogP contribution in [-0.4, -0.2) is 36.6 Å². The maximum Gasteiger partial charge on any atom is 0.119 e. The molecule has 1 aromatic carbocycles. The molecular formula is C16H22N2O. The highest BCUT2D eigenvalue weighted by Gasteiger charge is 2.23. The lowest BCUT2D eigenvalue weighted by molar-refractivity contribution is 0.309. The summed E-state index contributed by atoms with van der Waals surface area (Å²) >= 11 is 0. The van der Waals surface area contributed by atoms with Crippen LogP contribution >= 0.6 is 0 Å². The fourth-order valence-corrected chi connectivity index (χ4v) is 3.22. The van der Waals surface area contributed by atoms with Crippen LogP contribution in [0.3, 0.4) is 0 Å². The number of ether oxygens (including phenoxy) is 1. The molecule has 1 aliphatic rings. The molecule has 2 aromatic rings. The smallest absolute Gasteiger partial charge is 0.119 e. The number of aromatic nitrogens is 1. The van der Waals surface area contributed by atoms with Gasteiger partial charge in [0.1, 0.15) is 5.75 Å². The quantitative estimate of drug-likeness (QED) is 0.916. The zero-order chi connectivity index (χ0) is 13.4. The Hall–Kier alpha value is -1.48.